The van der Waals surface area contributed by atoms with Gasteiger partial charge in [-0.05, 0) is 33.4 Å². The highest BCUT2D eigenvalue weighted by atomic mass is 16.3. The summed E-state index contributed by atoms with van der Waals surface area (Å²) in [4.78, 5) is 22.7. The van der Waals surface area contributed by atoms with Gasteiger partial charge >= 0.3 is 0 Å². The normalized spacial score (nSPS) is 24.5. The van der Waals surface area contributed by atoms with Gasteiger partial charge in [-0.2, -0.15) is 0 Å². The standard InChI is InChI=1S/C13H22N4O2/c1-16(2)9-13(19)4-3-6-17(7-5-13)12(18)11-8-14-10-15-11/h8,10,19H,3-7,9H2,1-2H3,(H,14,15)/t13-/m1/s1. The fourth-order valence-electron chi connectivity index (χ4n) is 2.67. The lowest BCUT2D eigenvalue weighted by Crippen LogP contribution is -2.41. The number of H-pyrrole nitrogens is 1. The van der Waals surface area contributed by atoms with Crippen molar-refractivity contribution in [3.8, 4) is 0 Å². The number of nitrogens with zero attached hydrogens (tertiary/aromatic N) is 3. The van der Waals surface area contributed by atoms with Crippen molar-refractivity contribution in [2.75, 3.05) is 33.7 Å². The number of aromatic amines is 1. The summed E-state index contributed by atoms with van der Waals surface area (Å²) in [5.41, 5.74) is -0.176. The van der Waals surface area contributed by atoms with Crippen LogP contribution in [0.2, 0.25) is 0 Å². The highest BCUT2D eigenvalue weighted by Crippen LogP contribution is 2.23. The van der Waals surface area contributed by atoms with Crippen LogP contribution in [0.15, 0.2) is 12.5 Å². The lowest BCUT2D eigenvalue weighted by Gasteiger charge is -2.29. The highest BCUT2D eigenvalue weighted by Gasteiger charge is 2.32. The lowest BCUT2D eigenvalue weighted by atomic mass is 9.94. The summed E-state index contributed by atoms with van der Waals surface area (Å²) >= 11 is 0. The summed E-state index contributed by atoms with van der Waals surface area (Å²) in [7, 11) is 3.91. The molecule has 0 spiro atoms. The molecule has 1 aliphatic heterocycles. The van der Waals surface area contributed by atoms with Gasteiger partial charge in [0.15, 0.2) is 0 Å². The number of hydrogen-bond acceptors (Lipinski definition) is 4. The fourth-order valence-corrected chi connectivity index (χ4v) is 2.67. The predicted molar refractivity (Wildman–Crippen MR) is 71.8 cm³/mol. The maximum absolute atomic E-state index is 12.2. The van der Waals surface area contributed by atoms with Crippen LogP contribution in [0, 0.1) is 0 Å². The molecule has 19 heavy (non-hydrogen) atoms. The smallest absolute Gasteiger partial charge is 0.271 e. The Kier molecular flexibility index (Phi) is 4.21. The molecule has 0 saturated carbocycles. The van der Waals surface area contributed by atoms with E-state index in [1.807, 2.05) is 19.0 Å². The van der Waals surface area contributed by atoms with Crippen LogP contribution in [-0.4, -0.2) is 70.1 Å². The van der Waals surface area contributed by atoms with Crippen LogP contribution in [0.1, 0.15) is 29.8 Å². The largest absolute Gasteiger partial charge is 0.388 e. The molecule has 2 heterocycles. The van der Waals surface area contributed by atoms with Crippen LogP contribution in [0.25, 0.3) is 0 Å². The van der Waals surface area contributed by atoms with Crippen molar-refractivity contribution in [1.82, 2.24) is 19.8 Å². The number of hydrogen-bond donors (Lipinski definition) is 2. The summed E-state index contributed by atoms with van der Waals surface area (Å²) in [6, 6.07) is 0. The lowest BCUT2D eigenvalue weighted by molar-refractivity contribution is 0.00303. The molecule has 2 N–H and O–H groups in total. The molecule has 1 atom stereocenters. The molecule has 1 aromatic heterocycles. The zero-order chi connectivity index (χ0) is 13.9. The van der Waals surface area contributed by atoms with Gasteiger partial charge in [-0.15, -0.1) is 0 Å². The maximum atomic E-state index is 12.2. The van der Waals surface area contributed by atoms with Crippen LogP contribution in [0.3, 0.4) is 0 Å². The number of amides is 1. The van der Waals surface area contributed by atoms with Gasteiger partial charge in [0, 0.05) is 19.6 Å². The van der Waals surface area contributed by atoms with Crippen molar-refractivity contribution in [2.24, 2.45) is 0 Å². The number of nitrogens with one attached hydrogen (secondary N) is 1. The summed E-state index contributed by atoms with van der Waals surface area (Å²) in [5, 5.41) is 10.6. The van der Waals surface area contributed by atoms with E-state index in [4.69, 9.17) is 0 Å². The number of carbonyl (C=O) groups is 1. The highest BCUT2D eigenvalue weighted by molar-refractivity contribution is 5.92. The van der Waals surface area contributed by atoms with Crippen LogP contribution in [0.4, 0.5) is 0 Å². The Morgan fingerprint density at radius 1 is 1.53 bits per heavy atom. The SMILES string of the molecule is CN(C)C[C@@]1(O)CCCN(C(=O)c2cnc[nH]2)CC1. The Balaban J connectivity index is 1.98. The third-order valence-electron chi connectivity index (χ3n) is 3.54. The molecule has 6 heteroatoms. The minimum absolute atomic E-state index is 0.0356. The first kappa shape index (κ1) is 14.0. The van der Waals surface area contributed by atoms with Gasteiger partial charge in [0.25, 0.3) is 5.91 Å². The number of carbonyl (C=O) groups excluding carboxylic acids is 1. The van der Waals surface area contributed by atoms with Crippen molar-refractivity contribution < 1.29 is 9.90 Å². The Bertz CT molecular complexity index is 418. The molecule has 0 unspecified atom stereocenters. The Labute approximate surface area is 113 Å². The van der Waals surface area contributed by atoms with Crippen molar-refractivity contribution in [3.05, 3.63) is 18.2 Å². The molecule has 1 amide bonds. The number of aromatic nitrogens is 2. The van der Waals surface area contributed by atoms with E-state index >= 15 is 0 Å². The zero-order valence-electron chi connectivity index (χ0n) is 11.6. The van der Waals surface area contributed by atoms with Crippen molar-refractivity contribution >= 4 is 5.91 Å². The number of likely N-dealkylation sites (tertiary alicyclic amines) is 1. The monoisotopic (exact) mass is 266 g/mol. The van der Waals surface area contributed by atoms with Gasteiger partial charge in [0.1, 0.15) is 5.69 Å². The van der Waals surface area contributed by atoms with E-state index < -0.39 is 5.60 Å². The number of rotatable bonds is 3. The van der Waals surface area contributed by atoms with E-state index in [1.165, 1.54) is 6.33 Å². The number of imidazole rings is 1. The Hall–Kier alpha value is -1.40. The van der Waals surface area contributed by atoms with E-state index in [1.54, 1.807) is 11.1 Å². The second-order valence-electron chi connectivity index (χ2n) is 5.57. The van der Waals surface area contributed by atoms with Gasteiger partial charge in [-0.1, -0.05) is 0 Å². The average molecular weight is 266 g/mol. The van der Waals surface area contributed by atoms with Gasteiger partial charge in [-0.25, -0.2) is 4.98 Å². The molecule has 1 aliphatic rings. The molecule has 1 fully saturated rings. The number of aliphatic hydroxyl groups is 1. The first-order chi connectivity index (χ1) is 9.00. The molecule has 2 rings (SSSR count). The zero-order valence-corrected chi connectivity index (χ0v) is 11.6. The van der Waals surface area contributed by atoms with E-state index in [0.717, 1.165) is 12.8 Å². The van der Waals surface area contributed by atoms with Crippen LogP contribution in [0.5, 0.6) is 0 Å². The quantitative estimate of drug-likeness (QED) is 0.827. The van der Waals surface area contributed by atoms with Crippen LogP contribution < -0.4 is 0 Å². The summed E-state index contributed by atoms with van der Waals surface area (Å²) in [6.45, 7) is 1.91. The first-order valence-electron chi connectivity index (χ1n) is 6.65. The van der Waals surface area contributed by atoms with Gasteiger partial charge in [0.2, 0.25) is 0 Å². The molecule has 106 valence electrons. The van der Waals surface area contributed by atoms with Crippen molar-refractivity contribution in [2.45, 2.75) is 24.9 Å². The molecule has 0 aliphatic carbocycles. The second-order valence-corrected chi connectivity index (χ2v) is 5.57. The summed E-state index contributed by atoms with van der Waals surface area (Å²) in [6.07, 6.45) is 5.22. The van der Waals surface area contributed by atoms with Crippen molar-refractivity contribution in [3.63, 3.8) is 0 Å². The second kappa shape index (κ2) is 5.71. The summed E-state index contributed by atoms with van der Waals surface area (Å²) < 4.78 is 0. The third-order valence-corrected chi connectivity index (χ3v) is 3.54. The minimum Gasteiger partial charge on any atom is -0.388 e. The predicted octanol–water partition coefficient (Wildman–Crippen LogP) is 0.328. The van der Waals surface area contributed by atoms with Crippen LogP contribution in [-0.2, 0) is 0 Å². The topological polar surface area (TPSA) is 72.5 Å². The van der Waals surface area contributed by atoms with Gasteiger partial charge in [0.05, 0.1) is 18.1 Å². The average Bonchev–Trinajstić information content (AvgIpc) is 2.79. The van der Waals surface area contributed by atoms with E-state index in [-0.39, 0.29) is 5.91 Å². The van der Waals surface area contributed by atoms with Gasteiger partial charge in [-0.3, -0.25) is 4.79 Å². The minimum atomic E-state index is -0.688. The number of likely N-dealkylation sites (N-methyl/N-ethyl adjacent to an activating group) is 1. The van der Waals surface area contributed by atoms with E-state index in [2.05, 4.69) is 9.97 Å². The molecular weight excluding hydrogens is 244 g/mol. The molecular formula is C13H22N4O2. The summed E-state index contributed by atoms with van der Waals surface area (Å²) in [5.74, 6) is -0.0356. The van der Waals surface area contributed by atoms with E-state index in [0.29, 0.717) is 31.7 Å². The maximum Gasteiger partial charge on any atom is 0.271 e. The first-order valence-corrected chi connectivity index (χ1v) is 6.65. The van der Waals surface area contributed by atoms with Crippen molar-refractivity contribution in [1.29, 1.82) is 0 Å². The molecule has 1 aromatic rings. The molecule has 0 bridgehead atoms. The van der Waals surface area contributed by atoms with Gasteiger partial charge < -0.3 is 19.9 Å². The van der Waals surface area contributed by atoms with E-state index in [9.17, 15) is 9.90 Å². The molecule has 1 saturated heterocycles. The molecule has 0 aromatic carbocycles. The van der Waals surface area contributed by atoms with Crippen LogP contribution >= 0.6 is 0 Å². The fraction of sp³-hybridized carbons (Fsp3) is 0.692. The Morgan fingerprint density at radius 2 is 2.32 bits per heavy atom. The molecule has 0 radical (unpaired) electrons. The third kappa shape index (κ3) is 3.54. The Morgan fingerprint density at radius 3 is 2.95 bits per heavy atom. The molecule has 6 nitrogen and oxygen atoms in total.